The number of carbonyl (C=O) groups is 1. The van der Waals surface area contributed by atoms with Crippen LogP contribution in [0.4, 0.5) is 5.69 Å². The van der Waals surface area contributed by atoms with E-state index in [4.69, 9.17) is 18.9 Å². The number of fused-ring (bicyclic) bond motifs is 2. The maximum absolute atomic E-state index is 12.2. The molecule has 2 aromatic rings. The third-order valence-corrected chi connectivity index (χ3v) is 4.39. The summed E-state index contributed by atoms with van der Waals surface area (Å²) in [6.45, 7) is 0.194. The third kappa shape index (κ3) is 2.22. The van der Waals surface area contributed by atoms with Crippen LogP contribution in [0.25, 0.3) is 0 Å². The number of carbonyl (C=O) groups excluding carboxylic acids is 1. The normalized spacial score (nSPS) is 17.9. The molecule has 2 aliphatic rings. The predicted molar refractivity (Wildman–Crippen MR) is 87.2 cm³/mol. The monoisotopic (exact) mass is 327 g/mol. The Hall–Kier alpha value is -2.89. The number of anilines is 1. The molecular weight excluding hydrogens is 310 g/mol. The number of rotatable bonds is 3. The van der Waals surface area contributed by atoms with Crippen LogP contribution in [0.3, 0.4) is 0 Å². The largest absolute Gasteiger partial charge is 0.493 e. The Morgan fingerprint density at radius 1 is 1.08 bits per heavy atom. The third-order valence-electron chi connectivity index (χ3n) is 4.39. The van der Waals surface area contributed by atoms with Crippen molar-refractivity contribution in [3.05, 3.63) is 41.5 Å². The molecule has 1 N–H and O–H groups in total. The van der Waals surface area contributed by atoms with Gasteiger partial charge in [0.15, 0.2) is 23.0 Å². The highest BCUT2D eigenvalue weighted by atomic mass is 16.7. The second kappa shape index (κ2) is 5.63. The lowest BCUT2D eigenvalue weighted by atomic mass is 9.84. The summed E-state index contributed by atoms with van der Waals surface area (Å²) in [6.07, 6.45) is 0.330. The van der Waals surface area contributed by atoms with Crippen molar-refractivity contribution in [1.29, 1.82) is 0 Å². The zero-order chi connectivity index (χ0) is 16.7. The molecule has 1 unspecified atom stereocenters. The Morgan fingerprint density at radius 2 is 1.88 bits per heavy atom. The maximum Gasteiger partial charge on any atom is 0.231 e. The summed E-state index contributed by atoms with van der Waals surface area (Å²) in [5, 5.41) is 2.91. The lowest BCUT2D eigenvalue weighted by Gasteiger charge is -2.27. The molecule has 6 nitrogen and oxygen atoms in total. The van der Waals surface area contributed by atoms with Crippen LogP contribution in [0.5, 0.6) is 23.0 Å². The van der Waals surface area contributed by atoms with Crippen molar-refractivity contribution in [2.75, 3.05) is 26.3 Å². The van der Waals surface area contributed by atoms with Crippen molar-refractivity contribution in [2.24, 2.45) is 0 Å². The fraction of sp³-hybridized carbons (Fsp3) is 0.278. The van der Waals surface area contributed by atoms with E-state index in [1.54, 1.807) is 14.2 Å². The summed E-state index contributed by atoms with van der Waals surface area (Å²) in [5.41, 5.74) is 2.63. The number of para-hydroxylation sites is 1. The molecule has 1 amide bonds. The van der Waals surface area contributed by atoms with E-state index in [0.717, 1.165) is 16.8 Å². The molecule has 0 radical (unpaired) electrons. The molecule has 0 spiro atoms. The summed E-state index contributed by atoms with van der Waals surface area (Å²) in [5.74, 6) is 2.43. The Morgan fingerprint density at radius 3 is 2.62 bits per heavy atom. The molecular formula is C18H17NO5. The number of benzene rings is 2. The number of nitrogens with one attached hydrogen (secondary N) is 1. The molecule has 0 bridgehead atoms. The molecule has 124 valence electrons. The minimum atomic E-state index is -0.145. The van der Waals surface area contributed by atoms with E-state index in [1.165, 1.54) is 0 Å². The first-order chi connectivity index (χ1) is 11.7. The molecule has 2 aliphatic heterocycles. The molecule has 4 rings (SSSR count). The van der Waals surface area contributed by atoms with Crippen molar-refractivity contribution in [1.82, 2.24) is 0 Å². The molecule has 0 saturated heterocycles. The summed E-state index contributed by atoms with van der Waals surface area (Å²) >= 11 is 0. The lowest BCUT2D eigenvalue weighted by molar-refractivity contribution is -0.116. The van der Waals surface area contributed by atoms with Crippen molar-refractivity contribution in [3.8, 4) is 23.0 Å². The zero-order valence-electron chi connectivity index (χ0n) is 13.4. The highest BCUT2D eigenvalue weighted by molar-refractivity contribution is 5.96. The number of hydrogen-bond donors (Lipinski definition) is 1. The summed E-state index contributed by atoms with van der Waals surface area (Å²) in [6, 6.07) is 9.44. The van der Waals surface area contributed by atoms with Gasteiger partial charge in [-0.2, -0.15) is 0 Å². The average molecular weight is 327 g/mol. The molecule has 24 heavy (non-hydrogen) atoms. The molecule has 0 aliphatic carbocycles. The average Bonchev–Trinajstić information content (AvgIpc) is 3.05. The summed E-state index contributed by atoms with van der Waals surface area (Å²) < 4.78 is 21.8. The van der Waals surface area contributed by atoms with Crippen LogP contribution < -0.4 is 24.3 Å². The number of amides is 1. The number of ether oxygens (including phenoxy) is 4. The molecule has 0 aromatic heterocycles. The van der Waals surface area contributed by atoms with Gasteiger partial charge in [0.1, 0.15) is 0 Å². The first kappa shape index (κ1) is 14.7. The molecule has 1 atom stereocenters. The maximum atomic E-state index is 12.2. The molecule has 0 fully saturated rings. The van der Waals surface area contributed by atoms with Gasteiger partial charge >= 0.3 is 0 Å². The quantitative estimate of drug-likeness (QED) is 0.939. The van der Waals surface area contributed by atoms with E-state index in [2.05, 4.69) is 5.32 Å². The van der Waals surface area contributed by atoms with Crippen molar-refractivity contribution < 1.29 is 23.7 Å². The van der Waals surface area contributed by atoms with E-state index in [9.17, 15) is 4.79 Å². The molecule has 6 heteroatoms. The van der Waals surface area contributed by atoms with Crippen LogP contribution in [0.1, 0.15) is 23.5 Å². The fourth-order valence-corrected chi connectivity index (χ4v) is 3.31. The Balaban J connectivity index is 1.87. The predicted octanol–water partition coefficient (Wildman–Crippen LogP) is 2.91. The summed E-state index contributed by atoms with van der Waals surface area (Å²) in [7, 11) is 3.20. The lowest BCUT2D eigenvalue weighted by Crippen LogP contribution is -2.23. The van der Waals surface area contributed by atoms with E-state index >= 15 is 0 Å². The van der Waals surface area contributed by atoms with Crippen LogP contribution in [-0.2, 0) is 4.79 Å². The minimum absolute atomic E-state index is 0.0451. The van der Waals surface area contributed by atoms with Crippen LogP contribution in [-0.4, -0.2) is 26.9 Å². The van der Waals surface area contributed by atoms with Crippen molar-refractivity contribution in [3.63, 3.8) is 0 Å². The van der Waals surface area contributed by atoms with E-state index in [1.807, 2.05) is 30.3 Å². The Labute approximate surface area is 139 Å². The van der Waals surface area contributed by atoms with Gasteiger partial charge in [0.2, 0.25) is 12.7 Å². The van der Waals surface area contributed by atoms with E-state index in [0.29, 0.717) is 29.4 Å². The molecule has 0 saturated carbocycles. The highest BCUT2D eigenvalue weighted by Crippen LogP contribution is 2.47. The van der Waals surface area contributed by atoms with Crippen molar-refractivity contribution >= 4 is 11.6 Å². The summed E-state index contributed by atoms with van der Waals surface area (Å²) in [4.78, 5) is 12.2. The smallest absolute Gasteiger partial charge is 0.231 e. The van der Waals surface area contributed by atoms with Crippen LogP contribution in [0.15, 0.2) is 30.3 Å². The van der Waals surface area contributed by atoms with Gasteiger partial charge in [-0.05, 0) is 17.7 Å². The number of hydrogen-bond acceptors (Lipinski definition) is 5. The van der Waals surface area contributed by atoms with Gasteiger partial charge in [-0.3, -0.25) is 4.79 Å². The van der Waals surface area contributed by atoms with Crippen molar-refractivity contribution in [2.45, 2.75) is 12.3 Å². The molecule has 2 heterocycles. The zero-order valence-corrected chi connectivity index (χ0v) is 13.4. The number of methoxy groups -OCH3 is 2. The standard InChI is InChI=1S/C18H17NO5/c1-21-14-5-3-4-10(18(14)22-2)11-7-17(20)19-13-8-16-15(6-12(11)13)23-9-24-16/h3-6,8,11H,7,9H2,1-2H3,(H,19,20). The minimum Gasteiger partial charge on any atom is -0.493 e. The SMILES string of the molecule is COc1cccc(C2CC(=O)Nc3cc4c(cc32)OCO4)c1OC. The van der Waals surface area contributed by atoms with Gasteiger partial charge in [0, 0.05) is 29.7 Å². The van der Waals surface area contributed by atoms with Crippen LogP contribution >= 0.6 is 0 Å². The van der Waals surface area contributed by atoms with E-state index < -0.39 is 0 Å². The topological polar surface area (TPSA) is 66.0 Å². The second-order valence-electron chi connectivity index (χ2n) is 5.68. The molecule has 2 aromatic carbocycles. The van der Waals surface area contributed by atoms with Gasteiger partial charge in [-0.25, -0.2) is 0 Å². The van der Waals surface area contributed by atoms with Crippen LogP contribution in [0, 0.1) is 0 Å². The second-order valence-corrected chi connectivity index (χ2v) is 5.68. The Kier molecular flexibility index (Phi) is 3.45. The van der Waals surface area contributed by atoms with Gasteiger partial charge in [-0.1, -0.05) is 12.1 Å². The van der Waals surface area contributed by atoms with Gasteiger partial charge in [-0.15, -0.1) is 0 Å². The first-order valence-electron chi connectivity index (χ1n) is 7.65. The van der Waals surface area contributed by atoms with Crippen LogP contribution in [0.2, 0.25) is 0 Å². The highest BCUT2D eigenvalue weighted by Gasteiger charge is 2.32. The van der Waals surface area contributed by atoms with Gasteiger partial charge < -0.3 is 24.3 Å². The van der Waals surface area contributed by atoms with E-state index in [-0.39, 0.29) is 18.6 Å². The van der Waals surface area contributed by atoms with Gasteiger partial charge in [0.25, 0.3) is 0 Å². The fourth-order valence-electron chi connectivity index (χ4n) is 3.31. The first-order valence-corrected chi connectivity index (χ1v) is 7.65. The van der Waals surface area contributed by atoms with Gasteiger partial charge in [0.05, 0.1) is 14.2 Å². The Bertz CT molecular complexity index is 817.